The van der Waals surface area contributed by atoms with Crippen molar-refractivity contribution in [3.8, 4) is 5.69 Å². The van der Waals surface area contributed by atoms with Crippen LogP contribution in [0, 0.1) is 6.92 Å². The first-order valence-electron chi connectivity index (χ1n) is 7.19. The van der Waals surface area contributed by atoms with Gasteiger partial charge in [-0.2, -0.15) is 0 Å². The van der Waals surface area contributed by atoms with E-state index >= 15 is 0 Å². The molecule has 3 rings (SSSR count). The van der Waals surface area contributed by atoms with Crippen LogP contribution in [0.5, 0.6) is 0 Å². The first-order chi connectivity index (χ1) is 10.1. The van der Waals surface area contributed by atoms with Crippen molar-refractivity contribution >= 4 is 22.8 Å². The van der Waals surface area contributed by atoms with E-state index in [-0.39, 0.29) is 5.38 Å². The maximum atomic E-state index is 6.37. The van der Waals surface area contributed by atoms with E-state index in [1.807, 2.05) is 25.3 Å². The summed E-state index contributed by atoms with van der Waals surface area (Å²) in [5.41, 5.74) is 5.29. The smallest absolute Gasteiger partial charge is 0.164 e. The van der Waals surface area contributed by atoms with Crippen molar-refractivity contribution in [2.75, 3.05) is 0 Å². The van der Waals surface area contributed by atoms with Crippen LogP contribution in [0.1, 0.15) is 36.2 Å². The molecule has 0 aliphatic carbocycles. The van der Waals surface area contributed by atoms with Crippen LogP contribution >= 0.6 is 11.6 Å². The third kappa shape index (κ3) is 2.32. The Morgan fingerprint density at radius 3 is 2.71 bits per heavy atom. The Morgan fingerprint density at radius 2 is 2.00 bits per heavy atom. The lowest BCUT2D eigenvalue weighted by atomic mass is 10.1. The molecule has 0 amide bonds. The number of hydrogen-bond donors (Lipinski definition) is 0. The molecule has 2 heterocycles. The molecule has 3 aromatic rings. The summed E-state index contributed by atoms with van der Waals surface area (Å²) >= 11 is 6.37. The molecule has 3 nitrogen and oxygen atoms in total. The van der Waals surface area contributed by atoms with E-state index in [9.17, 15) is 0 Å². The topological polar surface area (TPSA) is 30.7 Å². The largest absolute Gasteiger partial charge is 0.279 e. The van der Waals surface area contributed by atoms with Gasteiger partial charge in [-0.1, -0.05) is 25.1 Å². The van der Waals surface area contributed by atoms with Crippen LogP contribution in [0.3, 0.4) is 0 Å². The van der Waals surface area contributed by atoms with E-state index in [4.69, 9.17) is 16.6 Å². The number of benzene rings is 1. The Morgan fingerprint density at radius 1 is 1.24 bits per heavy atom. The molecule has 0 aliphatic heterocycles. The summed E-state index contributed by atoms with van der Waals surface area (Å²) in [7, 11) is 0. The molecule has 2 aromatic heterocycles. The monoisotopic (exact) mass is 299 g/mol. The Kier molecular flexibility index (Phi) is 3.68. The highest BCUT2D eigenvalue weighted by Gasteiger charge is 2.19. The molecule has 0 saturated heterocycles. The Labute approximate surface area is 129 Å². The SMILES string of the molecule is CCc1ccccc1-n1c(C(C)Cl)nc2c(C)ccnc21. The van der Waals surface area contributed by atoms with Gasteiger partial charge in [0.15, 0.2) is 5.65 Å². The van der Waals surface area contributed by atoms with Crippen molar-refractivity contribution in [2.24, 2.45) is 0 Å². The van der Waals surface area contributed by atoms with Crippen molar-refractivity contribution in [3.63, 3.8) is 0 Å². The Hall–Kier alpha value is -1.87. The van der Waals surface area contributed by atoms with Gasteiger partial charge < -0.3 is 0 Å². The number of para-hydroxylation sites is 1. The van der Waals surface area contributed by atoms with E-state index in [1.54, 1.807) is 0 Å². The van der Waals surface area contributed by atoms with Crippen LogP contribution in [0.2, 0.25) is 0 Å². The molecule has 0 fully saturated rings. The summed E-state index contributed by atoms with van der Waals surface area (Å²) in [5, 5.41) is -0.177. The fraction of sp³-hybridized carbons (Fsp3) is 0.294. The van der Waals surface area contributed by atoms with Gasteiger partial charge in [0.1, 0.15) is 11.3 Å². The summed E-state index contributed by atoms with van der Waals surface area (Å²) < 4.78 is 2.10. The molecular weight excluding hydrogens is 282 g/mol. The fourth-order valence-corrected chi connectivity index (χ4v) is 2.79. The van der Waals surface area contributed by atoms with Crippen LogP contribution in [-0.2, 0) is 6.42 Å². The number of alkyl halides is 1. The normalized spacial score (nSPS) is 12.8. The minimum Gasteiger partial charge on any atom is -0.279 e. The van der Waals surface area contributed by atoms with Gasteiger partial charge in [0.25, 0.3) is 0 Å². The number of pyridine rings is 1. The van der Waals surface area contributed by atoms with E-state index < -0.39 is 0 Å². The molecule has 21 heavy (non-hydrogen) atoms. The number of rotatable bonds is 3. The summed E-state index contributed by atoms with van der Waals surface area (Å²) in [5.74, 6) is 0.842. The van der Waals surface area contributed by atoms with E-state index in [2.05, 4.69) is 41.6 Å². The lowest BCUT2D eigenvalue weighted by molar-refractivity contribution is 0.867. The van der Waals surface area contributed by atoms with Crippen molar-refractivity contribution in [1.82, 2.24) is 14.5 Å². The molecule has 0 N–H and O–H groups in total. The average Bonchev–Trinajstić information content (AvgIpc) is 2.88. The van der Waals surface area contributed by atoms with Gasteiger partial charge in [-0.3, -0.25) is 4.57 Å². The third-order valence-corrected chi connectivity index (χ3v) is 3.94. The van der Waals surface area contributed by atoms with Gasteiger partial charge in [0.05, 0.1) is 11.1 Å². The van der Waals surface area contributed by atoms with Crippen molar-refractivity contribution in [2.45, 2.75) is 32.6 Å². The number of hydrogen-bond acceptors (Lipinski definition) is 2. The Bertz CT molecular complexity index is 790. The minimum absolute atomic E-state index is 0.177. The van der Waals surface area contributed by atoms with E-state index in [0.717, 1.165) is 34.7 Å². The van der Waals surface area contributed by atoms with Crippen LogP contribution < -0.4 is 0 Å². The zero-order valence-corrected chi connectivity index (χ0v) is 13.2. The molecule has 0 radical (unpaired) electrons. The Balaban J connectivity index is 2.40. The maximum absolute atomic E-state index is 6.37. The molecule has 0 aliphatic rings. The molecule has 0 spiro atoms. The van der Waals surface area contributed by atoms with Gasteiger partial charge in [0.2, 0.25) is 0 Å². The molecule has 0 bridgehead atoms. The van der Waals surface area contributed by atoms with E-state index in [0.29, 0.717) is 0 Å². The zero-order valence-electron chi connectivity index (χ0n) is 12.5. The highest BCUT2D eigenvalue weighted by molar-refractivity contribution is 6.20. The quantitative estimate of drug-likeness (QED) is 0.662. The molecule has 1 atom stereocenters. The molecule has 1 aromatic carbocycles. The molecular formula is C17H18ClN3. The van der Waals surface area contributed by atoms with Crippen LogP contribution in [-0.4, -0.2) is 14.5 Å². The number of aromatic nitrogens is 3. The van der Waals surface area contributed by atoms with Crippen LogP contribution in [0.4, 0.5) is 0 Å². The maximum Gasteiger partial charge on any atom is 0.164 e. The van der Waals surface area contributed by atoms with Gasteiger partial charge in [-0.05, 0) is 43.5 Å². The highest BCUT2D eigenvalue weighted by atomic mass is 35.5. The number of aryl methyl sites for hydroxylation is 2. The lowest BCUT2D eigenvalue weighted by Gasteiger charge is -2.13. The summed E-state index contributed by atoms with van der Waals surface area (Å²) in [6.07, 6.45) is 2.78. The first-order valence-corrected chi connectivity index (χ1v) is 7.63. The second kappa shape index (κ2) is 5.49. The van der Waals surface area contributed by atoms with Gasteiger partial charge in [0, 0.05) is 6.20 Å². The zero-order chi connectivity index (χ0) is 15.0. The van der Waals surface area contributed by atoms with E-state index in [1.165, 1.54) is 5.56 Å². The van der Waals surface area contributed by atoms with Crippen molar-refractivity contribution < 1.29 is 0 Å². The fourth-order valence-electron chi connectivity index (χ4n) is 2.64. The summed E-state index contributed by atoms with van der Waals surface area (Å²) in [4.78, 5) is 9.27. The number of fused-ring (bicyclic) bond motifs is 1. The molecule has 4 heteroatoms. The second-order valence-corrected chi connectivity index (χ2v) is 5.86. The summed E-state index contributed by atoms with van der Waals surface area (Å²) in [6.45, 7) is 6.15. The summed E-state index contributed by atoms with van der Waals surface area (Å²) in [6, 6.07) is 10.3. The van der Waals surface area contributed by atoms with Crippen LogP contribution in [0.15, 0.2) is 36.5 Å². The predicted molar refractivity (Wildman–Crippen MR) is 87.2 cm³/mol. The van der Waals surface area contributed by atoms with Gasteiger partial charge in [-0.25, -0.2) is 9.97 Å². The van der Waals surface area contributed by atoms with Crippen molar-refractivity contribution in [3.05, 3.63) is 53.5 Å². The molecule has 108 valence electrons. The minimum atomic E-state index is -0.177. The predicted octanol–water partition coefficient (Wildman–Crippen LogP) is 4.59. The molecule has 0 saturated carbocycles. The number of nitrogens with zero attached hydrogens (tertiary/aromatic N) is 3. The van der Waals surface area contributed by atoms with Gasteiger partial charge in [-0.15, -0.1) is 11.6 Å². The molecule has 1 unspecified atom stereocenters. The van der Waals surface area contributed by atoms with Crippen molar-refractivity contribution in [1.29, 1.82) is 0 Å². The third-order valence-electron chi connectivity index (χ3n) is 3.74. The highest BCUT2D eigenvalue weighted by Crippen LogP contribution is 2.29. The second-order valence-electron chi connectivity index (χ2n) is 5.20. The lowest BCUT2D eigenvalue weighted by Crippen LogP contribution is -2.05. The average molecular weight is 300 g/mol. The standard InChI is InChI=1S/C17H18ClN3/c1-4-13-7-5-6-8-14(13)21-16(12(3)18)20-15-11(2)9-10-19-17(15)21/h5-10,12H,4H2,1-3H3. The number of halogens is 1. The van der Waals surface area contributed by atoms with Crippen LogP contribution in [0.25, 0.3) is 16.9 Å². The number of imidazole rings is 1. The van der Waals surface area contributed by atoms with Gasteiger partial charge >= 0.3 is 0 Å². The first kappa shape index (κ1) is 14.1.